The van der Waals surface area contributed by atoms with Crippen LogP contribution in [0.25, 0.3) is 0 Å². The number of methoxy groups -OCH3 is 1. The van der Waals surface area contributed by atoms with Crippen molar-refractivity contribution in [2.24, 2.45) is 4.99 Å². The third-order valence-corrected chi connectivity index (χ3v) is 5.21. The van der Waals surface area contributed by atoms with E-state index in [2.05, 4.69) is 36.9 Å². The first kappa shape index (κ1) is 16.8. The van der Waals surface area contributed by atoms with Gasteiger partial charge in [0.1, 0.15) is 11.4 Å². The second-order valence-electron chi connectivity index (χ2n) is 4.57. The first-order chi connectivity index (χ1) is 10.5. The standard InChI is InChI=1S/C16H15Br2NO3/c1-3-9-4-5-13(20)12(6-9)19-8-10-15(18)11(17)7-14(22-2)16(10)21/h4-8,20-21H,3H2,1-2H3. The van der Waals surface area contributed by atoms with E-state index >= 15 is 0 Å². The van der Waals surface area contributed by atoms with Gasteiger partial charge in [0.2, 0.25) is 0 Å². The average molecular weight is 429 g/mol. The van der Waals surface area contributed by atoms with Crippen molar-refractivity contribution < 1.29 is 14.9 Å². The van der Waals surface area contributed by atoms with Crippen LogP contribution in [0.5, 0.6) is 17.2 Å². The van der Waals surface area contributed by atoms with E-state index in [-0.39, 0.29) is 11.5 Å². The van der Waals surface area contributed by atoms with Crippen LogP contribution >= 0.6 is 31.9 Å². The average Bonchev–Trinajstić information content (AvgIpc) is 2.52. The summed E-state index contributed by atoms with van der Waals surface area (Å²) in [6.45, 7) is 2.03. The topological polar surface area (TPSA) is 62.1 Å². The third kappa shape index (κ3) is 3.44. The van der Waals surface area contributed by atoms with Crippen molar-refractivity contribution in [2.75, 3.05) is 7.11 Å². The van der Waals surface area contributed by atoms with Crippen molar-refractivity contribution in [1.82, 2.24) is 0 Å². The minimum absolute atomic E-state index is 0.0209. The first-order valence-corrected chi connectivity index (χ1v) is 8.17. The molecule has 2 rings (SSSR count). The van der Waals surface area contributed by atoms with Crippen LogP contribution in [0.15, 0.2) is 38.2 Å². The molecular weight excluding hydrogens is 414 g/mol. The van der Waals surface area contributed by atoms with Crippen LogP contribution in [0.4, 0.5) is 5.69 Å². The maximum Gasteiger partial charge on any atom is 0.167 e. The molecular formula is C16H15Br2NO3. The molecule has 0 spiro atoms. The predicted molar refractivity (Wildman–Crippen MR) is 94.8 cm³/mol. The Balaban J connectivity index is 2.49. The van der Waals surface area contributed by atoms with E-state index in [4.69, 9.17) is 4.74 Å². The number of phenols is 2. The van der Waals surface area contributed by atoms with Crippen molar-refractivity contribution in [2.45, 2.75) is 13.3 Å². The lowest BCUT2D eigenvalue weighted by molar-refractivity contribution is 0.372. The number of halogens is 2. The summed E-state index contributed by atoms with van der Waals surface area (Å²) >= 11 is 6.78. The summed E-state index contributed by atoms with van der Waals surface area (Å²) in [4.78, 5) is 4.28. The van der Waals surface area contributed by atoms with Crippen LogP contribution in [-0.4, -0.2) is 23.5 Å². The fraction of sp³-hybridized carbons (Fsp3) is 0.188. The molecule has 0 saturated heterocycles. The number of phenolic OH excluding ortho intramolecular Hbond substituents is 2. The molecule has 2 N–H and O–H groups in total. The van der Waals surface area contributed by atoms with Crippen molar-refractivity contribution in [1.29, 1.82) is 0 Å². The first-order valence-electron chi connectivity index (χ1n) is 6.58. The minimum atomic E-state index is -0.0209. The molecule has 0 amide bonds. The summed E-state index contributed by atoms with van der Waals surface area (Å²) in [6.07, 6.45) is 2.34. The number of aryl methyl sites for hydroxylation is 1. The van der Waals surface area contributed by atoms with E-state index in [1.807, 2.05) is 19.1 Å². The molecule has 0 radical (unpaired) electrons. The number of hydrogen-bond acceptors (Lipinski definition) is 4. The molecule has 4 nitrogen and oxygen atoms in total. The Morgan fingerprint density at radius 2 is 1.95 bits per heavy atom. The molecule has 0 aliphatic heterocycles. The number of hydrogen-bond donors (Lipinski definition) is 2. The molecule has 22 heavy (non-hydrogen) atoms. The molecule has 2 aromatic carbocycles. The number of nitrogens with zero attached hydrogens (tertiary/aromatic N) is 1. The molecule has 0 aliphatic carbocycles. The van der Waals surface area contributed by atoms with E-state index in [1.54, 1.807) is 12.1 Å². The highest BCUT2D eigenvalue weighted by Gasteiger charge is 2.14. The Morgan fingerprint density at radius 1 is 1.23 bits per heavy atom. The number of aliphatic imine (C=N–C) groups is 1. The lowest BCUT2D eigenvalue weighted by Gasteiger charge is -2.10. The summed E-state index contributed by atoms with van der Waals surface area (Å²) in [5, 5.41) is 20.1. The second-order valence-corrected chi connectivity index (χ2v) is 6.22. The Hall–Kier alpha value is -1.53. The number of rotatable bonds is 4. The molecule has 0 unspecified atom stereocenters. The smallest absolute Gasteiger partial charge is 0.167 e. The highest BCUT2D eigenvalue weighted by atomic mass is 79.9. The van der Waals surface area contributed by atoms with Gasteiger partial charge in [0.05, 0.1) is 12.7 Å². The highest BCUT2D eigenvalue weighted by Crippen LogP contribution is 2.40. The summed E-state index contributed by atoms with van der Waals surface area (Å²) in [7, 11) is 1.48. The predicted octanol–water partition coefficient (Wildman–Crippen LogP) is 4.94. The molecule has 0 atom stereocenters. The third-order valence-electron chi connectivity index (χ3n) is 3.19. The van der Waals surface area contributed by atoms with E-state index in [0.717, 1.165) is 16.5 Å². The maximum absolute atomic E-state index is 10.2. The van der Waals surface area contributed by atoms with Gasteiger partial charge in [-0.3, -0.25) is 4.99 Å². The lowest BCUT2D eigenvalue weighted by Crippen LogP contribution is -1.92. The highest BCUT2D eigenvalue weighted by molar-refractivity contribution is 9.13. The Morgan fingerprint density at radius 3 is 2.59 bits per heavy atom. The fourth-order valence-electron chi connectivity index (χ4n) is 1.91. The van der Waals surface area contributed by atoms with E-state index < -0.39 is 0 Å². The van der Waals surface area contributed by atoms with Crippen molar-refractivity contribution in [3.8, 4) is 17.2 Å². The zero-order valence-electron chi connectivity index (χ0n) is 12.1. The van der Waals surface area contributed by atoms with Crippen molar-refractivity contribution in [3.63, 3.8) is 0 Å². The molecule has 0 saturated carbocycles. The Bertz CT molecular complexity index is 730. The molecule has 0 aromatic heterocycles. The largest absolute Gasteiger partial charge is 0.506 e. The lowest BCUT2D eigenvalue weighted by atomic mass is 10.1. The van der Waals surface area contributed by atoms with Crippen molar-refractivity contribution >= 4 is 43.8 Å². The van der Waals surface area contributed by atoms with Crippen LogP contribution in [0.2, 0.25) is 0 Å². The second kappa shape index (κ2) is 7.15. The monoisotopic (exact) mass is 427 g/mol. The van der Waals surface area contributed by atoms with E-state index in [0.29, 0.717) is 21.5 Å². The summed E-state index contributed by atoms with van der Waals surface area (Å²) in [5.41, 5.74) is 1.98. The molecule has 0 aliphatic rings. The van der Waals surface area contributed by atoms with Crippen LogP contribution < -0.4 is 4.74 Å². The molecule has 2 aromatic rings. The number of aromatic hydroxyl groups is 2. The number of benzene rings is 2. The van der Waals surface area contributed by atoms with Gasteiger partial charge in [-0.05, 0) is 62.0 Å². The van der Waals surface area contributed by atoms with Gasteiger partial charge >= 0.3 is 0 Å². The molecule has 0 heterocycles. The zero-order valence-corrected chi connectivity index (χ0v) is 15.3. The normalized spacial score (nSPS) is 11.1. The van der Waals surface area contributed by atoms with Crippen LogP contribution in [-0.2, 0) is 6.42 Å². The maximum atomic E-state index is 10.2. The van der Waals surface area contributed by atoms with Gasteiger partial charge in [-0.15, -0.1) is 0 Å². The number of ether oxygens (including phenoxy) is 1. The Kier molecular flexibility index (Phi) is 5.47. The van der Waals surface area contributed by atoms with Gasteiger partial charge < -0.3 is 14.9 Å². The van der Waals surface area contributed by atoms with Crippen LogP contribution in [0, 0.1) is 0 Å². The minimum Gasteiger partial charge on any atom is -0.506 e. The summed E-state index contributed by atoms with van der Waals surface area (Å²) in [5.74, 6) is 0.404. The Labute approximate surface area is 145 Å². The van der Waals surface area contributed by atoms with Gasteiger partial charge in [0, 0.05) is 15.2 Å². The van der Waals surface area contributed by atoms with Gasteiger partial charge in [0.15, 0.2) is 11.5 Å². The van der Waals surface area contributed by atoms with Crippen LogP contribution in [0.3, 0.4) is 0 Å². The molecule has 0 bridgehead atoms. The van der Waals surface area contributed by atoms with Gasteiger partial charge in [-0.2, -0.15) is 0 Å². The molecule has 0 fully saturated rings. The fourth-order valence-corrected chi connectivity index (χ4v) is 2.74. The van der Waals surface area contributed by atoms with E-state index in [1.165, 1.54) is 13.3 Å². The molecule has 6 heteroatoms. The van der Waals surface area contributed by atoms with Crippen molar-refractivity contribution in [3.05, 3.63) is 44.3 Å². The van der Waals surface area contributed by atoms with E-state index in [9.17, 15) is 10.2 Å². The van der Waals surface area contributed by atoms with Gasteiger partial charge in [0.25, 0.3) is 0 Å². The summed E-state index contributed by atoms with van der Waals surface area (Å²) < 4.78 is 6.51. The summed E-state index contributed by atoms with van der Waals surface area (Å²) in [6, 6.07) is 6.93. The van der Waals surface area contributed by atoms with Crippen LogP contribution in [0.1, 0.15) is 18.1 Å². The molecule has 116 valence electrons. The van der Waals surface area contributed by atoms with Gasteiger partial charge in [-0.1, -0.05) is 13.0 Å². The van der Waals surface area contributed by atoms with Gasteiger partial charge in [-0.25, -0.2) is 0 Å². The zero-order chi connectivity index (χ0) is 16.3. The quantitative estimate of drug-likeness (QED) is 0.677. The SMILES string of the molecule is CCc1ccc(O)c(N=Cc2c(O)c(OC)cc(Br)c2Br)c1.